The van der Waals surface area contributed by atoms with E-state index in [-0.39, 0.29) is 29.4 Å². The van der Waals surface area contributed by atoms with E-state index in [1.165, 1.54) is 44.9 Å². The second kappa shape index (κ2) is 13.4. The number of rotatable bonds is 12. The Hall–Kier alpha value is -1.44. The Kier molecular flexibility index (Phi) is 10.3. The van der Waals surface area contributed by atoms with Gasteiger partial charge in [-0.25, -0.2) is 4.98 Å². The first-order valence-electron chi connectivity index (χ1n) is 18.2. The number of hydrogen-bond donors (Lipinski definition) is 4. The summed E-state index contributed by atoms with van der Waals surface area (Å²) >= 11 is 0. The van der Waals surface area contributed by atoms with Crippen LogP contribution in [-0.2, 0) is 16.0 Å². The van der Waals surface area contributed by atoms with E-state index in [0.29, 0.717) is 23.7 Å². The summed E-state index contributed by atoms with van der Waals surface area (Å²) in [6.07, 6.45) is 16.6. The first-order chi connectivity index (χ1) is 20.8. The highest BCUT2D eigenvalue weighted by Gasteiger charge is 2.67. The van der Waals surface area contributed by atoms with Gasteiger partial charge in [-0.2, -0.15) is 0 Å². The molecular formula is C37H64N4O3. The van der Waals surface area contributed by atoms with Crippen LogP contribution >= 0.6 is 0 Å². The van der Waals surface area contributed by atoms with Gasteiger partial charge in [0, 0.05) is 42.7 Å². The molecule has 7 heteroatoms. The number of imidazole rings is 1. The fourth-order valence-electron chi connectivity index (χ4n) is 11.0. The van der Waals surface area contributed by atoms with Gasteiger partial charge in [-0.1, -0.05) is 67.7 Å². The molecule has 0 saturated heterocycles. The lowest BCUT2D eigenvalue weighted by atomic mass is 9.42. The van der Waals surface area contributed by atoms with Gasteiger partial charge in [0.05, 0.1) is 11.9 Å². The molecule has 0 bridgehead atoms. The second-order valence-corrected chi connectivity index (χ2v) is 16.9. The van der Waals surface area contributed by atoms with Crippen LogP contribution in [0.3, 0.4) is 0 Å². The minimum atomic E-state index is -0.941. The molecule has 250 valence electrons. The number of aromatic nitrogens is 2. The van der Waals surface area contributed by atoms with E-state index < -0.39 is 11.6 Å². The van der Waals surface area contributed by atoms with Crippen LogP contribution in [0.4, 0.5) is 0 Å². The molecule has 5 rings (SSSR count). The van der Waals surface area contributed by atoms with Gasteiger partial charge in [-0.3, -0.25) is 4.79 Å². The first-order valence-corrected chi connectivity index (χ1v) is 18.2. The molecule has 0 spiro atoms. The number of esters is 1. The molecule has 4 aliphatic rings. The second-order valence-electron chi connectivity index (χ2n) is 16.9. The van der Waals surface area contributed by atoms with Crippen molar-refractivity contribution >= 4 is 5.97 Å². The molecule has 0 amide bonds. The number of ether oxygens (including phenoxy) is 1. The lowest BCUT2D eigenvalue weighted by molar-refractivity contribution is -0.237. The largest absolute Gasteiger partial charge is 0.461 e. The van der Waals surface area contributed by atoms with Gasteiger partial charge in [-0.15, -0.1) is 0 Å². The Bertz CT molecular complexity index is 1090. The quantitative estimate of drug-likeness (QED) is 0.197. The zero-order valence-electron chi connectivity index (χ0n) is 28.9. The molecule has 5 N–H and O–H groups in total. The summed E-state index contributed by atoms with van der Waals surface area (Å²) in [5, 5.41) is 16.8. The maximum absolute atomic E-state index is 12.9. The Labute approximate surface area is 267 Å². The molecule has 0 aliphatic heterocycles. The molecule has 11 atom stereocenters. The highest BCUT2D eigenvalue weighted by atomic mass is 16.5. The van der Waals surface area contributed by atoms with Crippen molar-refractivity contribution in [1.82, 2.24) is 15.3 Å². The van der Waals surface area contributed by atoms with Crippen LogP contribution in [0.2, 0.25) is 0 Å². The predicted molar refractivity (Wildman–Crippen MR) is 177 cm³/mol. The third-order valence-electron chi connectivity index (χ3n) is 13.7. The van der Waals surface area contributed by atoms with Crippen LogP contribution in [0.1, 0.15) is 125 Å². The number of nitrogens with zero attached hydrogens (tertiary/aromatic N) is 1. The fraction of sp³-hybridized carbons (Fsp3) is 0.892. The van der Waals surface area contributed by atoms with E-state index in [4.69, 9.17) is 10.5 Å². The van der Waals surface area contributed by atoms with Gasteiger partial charge >= 0.3 is 5.97 Å². The molecule has 2 unspecified atom stereocenters. The summed E-state index contributed by atoms with van der Waals surface area (Å²) in [6, 6.07) is -0.669. The average Bonchev–Trinajstić information content (AvgIpc) is 3.61. The standard InChI is InChI=1S/C37H64N4O3/c1-23(2)9-8-10-25(5)29-11-12-30-28-19-32(40-18-15-26-21-39-22-41-26)37(43)20-27(44-34(42)33(38)24(3)4)13-17-36(37,7)31(28)14-16-35(29,30)6/h21-25,27-33,40,43H,8-20,38H2,1-7H3,(H,39,41)/t25?,27-,28-,29+,30-,31-,32+,33?,35+,36+,37-/m0/s1. The highest BCUT2D eigenvalue weighted by Crippen LogP contribution is 2.69. The average molecular weight is 613 g/mol. The monoisotopic (exact) mass is 612 g/mol. The summed E-state index contributed by atoms with van der Waals surface area (Å²) in [5.41, 5.74) is 6.51. The van der Waals surface area contributed by atoms with Crippen molar-refractivity contribution in [3.8, 4) is 0 Å². The van der Waals surface area contributed by atoms with Crippen molar-refractivity contribution in [1.29, 1.82) is 0 Å². The first kappa shape index (κ1) is 33.9. The normalized spacial score (nSPS) is 39.9. The van der Waals surface area contributed by atoms with Crippen molar-refractivity contribution in [2.24, 2.45) is 58.0 Å². The van der Waals surface area contributed by atoms with Gasteiger partial charge < -0.3 is 25.9 Å². The molecular weight excluding hydrogens is 548 g/mol. The van der Waals surface area contributed by atoms with E-state index in [9.17, 15) is 9.90 Å². The zero-order chi connectivity index (χ0) is 31.9. The summed E-state index contributed by atoms with van der Waals surface area (Å²) < 4.78 is 6.03. The lowest BCUT2D eigenvalue weighted by Crippen LogP contribution is -2.71. The summed E-state index contributed by atoms with van der Waals surface area (Å²) in [4.78, 5) is 20.3. The molecule has 4 aliphatic carbocycles. The van der Waals surface area contributed by atoms with Crippen LogP contribution in [0, 0.1) is 52.3 Å². The molecule has 0 aromatic carbocycles. The topological polar surface area (TPSA) is 113 Å². The molecule has 1 heterocycles. The number of aliphatic hydroxyl groups is 1. The number of nitrogens with one attached hydrogen (secondary N) is 2. The van der Waals surface area contributed by atoms with E-state index in [1.807, 2.05) is 20.0 Å². The molecule has 1 aromatic heterocycles. The Balaban J connectivity index is 1.37. The number of fused-ring (bicyclic) bond motifs is 5. The summed E-state index contributed by atoms with van der Waals surface area (Å²) in [7, 11) is 0. The van der Waals surface area contributed by atoms with Gasteiger partial charge in [-0.05, 0) is 91.8 Å². The summed E-state index contributed by atoms with van der Waals surface area (Å²) in [6.45, 7) is 17.0. The Morgan fingerprint density at radius 1 is 1.11 bits per heavy atom. The third kappa shape index (κ3) is 6.28. The predicted octanol–water partition coefficient (Wildman–Crippen LogP) is 6.65. The number of nitrogens with two attached hydrogens (primary N) is 1. The molecule has 4 saturated carbocycles. The smallest absolute Gasteiger partial charge is 0.323 e. The minimum absolute atomic E-state index is 0.0245. The fourth-order valence-corrected chi connectivity index (χ4v) is 11.0. The summed E-state index contributed by atoms with van der Waals surface area (Å²) in [5.74, 6) is 3.90. The van der Waals surface area contributed by atoms with E-state index >= 15 is 0 Å². The maximum Gasteiger partial charge on any atom is 0.323 e. The number of carbonyl (C=O) groups is 1. The van der Waals surface area contributed by atoms with E-state index in [0.717, 1.165) is 61.6 Å². The number of H-pyrrole nitrogens is 1. The molecule has 0 radical (unpaired) electrons. The van der Waals surface area contributed by atoms with Crippen LogP contribution in [-0.4, -0.2) is 51.4 Å². The highest BCUT2D eigenvalue weighted by molar-refractivity contribution is 5.76. The van der Waals surface area contributed by atoms with Crippen LogP contribution < -0.4 is 11.1 Å². The molecule has 7 nitrogen and oxygen atoms in total. The zero-order valence-corrected chi connectivity index (χ0v) is 28.9. The van der Waals surface area contributed by atoms with Crippen LogP contribution in [0.5, 0.6) is 0 Å². The number of hydrogen-bond acceptors (Lipinski definition) is 6. The van der Waals surface area contributed by atoms with Crippen LogP contribution in [0.25, 0.3) is 0 Å². The number of aromatic amines is 1. The van der Waals surface area contributed by atoms with Gasteiger partial charge in [0.25, 0.3) is 0 Å². The van der Waals surface area contributed by atoms with Crippen molar-refractivity contribution < 1.29 is 14.6 Å². The van der Waals surface area contributed by atoms with Crippen molar-refractivity contribution in [2.45, 2.75) is 149 Å². The third-order valence-corrected chi connectivity index (χ3v) is 13.7. The molecule has 4 fully saturated rings. The van der Waals surface area contributed by atoms with E-state index in [1.54, 1.807) is 6.33 Å². The Morgan fingerprint density at radius 3 is 2.57 bits per heavy atom. The molecule has 1 aromatic rings. The lowest BCUT2D eigenvalue weighted by Gasteiger charge is -2.66. The van der Waals surface area contributed by atoms with Crippen molar-refractivity contribution in [3.05, 3.63) is 18.2 Å². The van der Waals surface area contributed by atoms with Crippen molar-refractivity contribution in [3.63, 3.8) is 0 Å². The SMILES string of the molecule is CC(C)CCCC(C)[C@H]1CC[C@H]2[C@@H]3C[C@@H](NCCc4cnc[nH]4)[C@@]4(O)C[C@@H](OC(=O)C(N)C(C)C)CC[C@]4(C)[C@H]3CC[C@]12C. The van der Waals surface area contributed by atoms with E-state index in [2.05, 4.69) is 49.9 Å². The van der Waals surface area contributed by atoms with Crippen LogP contribution in [0.15, 0.2) is 12.5 Å². The van der Waals surface area contributed by atoms with Gasteiger partial charge in [0.1, 0.15) is 12.1 Å². The Morgan fingerprint density at radius 2 is 1.89 bits per heavy atom. The van der Waals surface area contributed by atoms with Gasteiger partial charge in [0.2, 0.25) is 0 Å². The van der Waals surface area contributed by atoms with Crippen molar-refractivity contribution in [2.75, 3.05) is 6.54 Å². The molecule has 44 heavy (non-hydrogen) atoms. The maximum atomic E-state index is 12.9. The number of carbonyl (C=O) groups excluding carboxylic acids is 1. The minimum Gasteiger partial charge on any atom is -0.461 e. The van der Waals surface area contributed by atoms with Gasteiger partial charge in [0.15, 0.2) is 0 Å².